The van der Waals surface area contributed by atoms with E-state index < -0.39 is 0 Å². The van der Waals surface area contributed by atoms with E-state index in [9.17, 15) is 4.39 Å². The van der Waals surface area contributed by atoms with Crippen molar-refractivity contribution in [1.82, 2.24) is 0 Å². The molecule has 0 unspecified atom stereocenters. The molecule has 0 aromatic heterocycles. The highest BCUT2D eigenvalue weighted by atomic mass is 19.1. The fraction of sp³-hybridized carbons (Fsp3) is 0.250. The zero-order chi connectivity index (χ0) is 13.9. The number of hydrogen-bond donors (Lipinski definition) is 1. The Labute approximate surface area is 117 Å². The molecule has 0 atom stereocenters. The first-order valence-electron chi connectivity index (χ1n) is 6.66. The molecular weight excluding hydrogens is 257 g/mol. The summed E-state index contributed by atoms with van der Waals surface area (Å²) in [7, 11) is 0. The molecule has 0 radical (unpaired) electrons. The molecule has 0 aliphatic carbocycles. The quantitative estimate of drug-likeness (QED) is 0.914. The number of halogens is 1. The van der Waals surface area contributed by atoms with Crippen molar-refractivity contribution in [3.05, 3.63) is 47.8 Å². The Balaban J connectivity index is 2.06. The molecular formula is C16H16FNO2. The predicted octanol–water partition coefficient (Wildman–Crippen LogP) is 3.11. The molecule has 0 amide bonds. The number of ether oxygens (including phenoxy) is 2. The van der Waals surface area contributed by atoms with Gasteiger partial charge in [0.2, 0.25) is 0 Å². The van der Waals surface area contributed by atoms with Gasteiger partial charge in [0.05, 0.1) is 13.2 Å². The summed E-state index contributed by atoms with van der Waals surface area (Å²) in [6, 6.07) is 10.3. The summed E-state index contributed by atoms with van der Waals surface area (Å²) in [4.78, 5) is 0. The van der Waals surface area contributed by atoms with Crippen molar-refractivity contribution in [3.63, 3.8) is 0 Å². The molecule has 0 spiro atoms. The van der Waals surface area contributed by atoms with Crippen LogP contribution in [0, 0.1) is 5.82 Å². The molecule has 2 aromatic rings. The van der Waals surface area contributed by atoms with E-state index in [1.165, 1.54) is 12.1 Å². The van der Waals surface area contributed by atoms with E-state index in [2.05, 4.69) is 0 Å². The van der Waals surface area contributed by atoms with Gasteiger partial charge in [-0.3, -0.25) is 0 Å². The van der Waals surface area contributed by atoms with E-state index in [0.717, 1.165) is 28.9 Å². The van der Waals surface area contributed by atoms with E-state index in [0.29, 0.717) is 25.5 Å². The molecule has 0 bridgehead atoms. The van der Waals surface area contributed by atoms with Crippen molar-refractivity contribution < 1.29 is 13.9 Å². The zero-order valence-electron chi connectivity index (χ0n) is 11.1. The third-order valence-electron chi connectivity index (χ3n) is 3.35. The molecule has 20 heavy (non-hydrogen) atoms. The van der Waals surface area contributed by atoms with Gasteiger partial charge in [0.15, 0.2) is 11.5 Å². The van der Waals surface area contributed by atoms with Crippen LogP contribution < -0.4 is 15.2 Å². The summed E-state index contributed by atoms with van der Waals surface area (Å²) < 4.78 is 24.7. The fourth-order valence-electron chi connectivity index (χ4n) is 2.33. The summed E-state index contributed by atoms with van der Waals surface area (Å²) in [5.74, 6) is 1.16. The van der Waals surface area contributed by atoms with Crippen molar-refractivity contribution >= 4 is 0 Å². The molecule has 1 heterocycles. The maximum absolute atomic E-state index is 13.5. The minimum absolute atomic E-state index is 0.274. The maximum atomic E-state index is 13.5. The van der Waals surface area contributed by atoms with Gasteiger partial charge in [-0.05, 0) is 41.0 Å². The number of rotatable bonds is 2. The second kappa shape index (κ2) is 5.51. The number of fused-ring (bicyclic) bond motifs is 1. The van der Waals surface area contributed by atoms with Gasteiger partial charge >= 0.3 is 0 Å². The second-order valence-electron chi connectivity index (χ2n) is 4.72. The first-order chi connectivity index (χ1) is 9.78. The van der Waals surface area contributed by atoms with Gasteiger partial charge in [0.1, 0.15) is 5.82 Å². The van der Waals surface area contributed by atoms with E-state index in [1.807, 2.05) is 18.2 Å². The van der Waals surface area contributed by atoms with Crippen molar-refractivity contribution in [2.24, 2.45) is 5.73 Å². The van der Waals surface area contributed by atoms with Crippen molar-refractivity contribution in [2.75, 3.05) is 13.2 Å². The van der Waals surface area contributed by atoms with Crippen LogP contribution in [0.15, 0.2) is 36.4 Å². The summed E-state index contributed by atoms with van der Waals surface area (Å²) >= 11 is 0. The van der Waals surface area contributed by atoms with E-state index in [1.54, 1.807) is 6.07 Å². The third kappa shape index (κ3) is 2.47. The molecule has 104 valence electrons. The lowest BCUT2D eigenvalue weighted by Crippen LogP contribution is -2.00. The smallest absolute Gasteiger partial charge is 0.161 e. The molecule has 1 aliphatic rings. The number of benzene rings is 2. The molecule has 2 N–H and O–H groups in total. The lowest BCUT2D eigenvalue weighted by Gasteiger charge is -2.12. The average Bonchev–Trinajstić information content (AvgIpc) is 2.71. The number of nitrogens with two attached hydrogens (primary N) is 1. The van der Waals surface area contributed by atoms with Crippen LogP contribution in [-0.2, 0) is 6.54 Å². The van der Waals surface area contributed by atoms with Gasteiger partial charge in [-0.15, -0.1) is 0 Å². The average molecular weight is 273 g/mol. The Hall–Kier alpha value is -2.07. The van der Waals surface area contributed by atoms with Crippen LogP contribution >= 0.6 is 0 Å². The standard InChI is InChI=1S/C16H16FNO2/c17-13-4-2-12(10-18)14(9-13)11-3-5-15-16(8-11)20-7-1-6-19-15/h2-5,8-9H,1,6-7,10,18H2. The van der Waals surface area contributed by atoms with Crippen molar-refractivity contribution in [2.45, 2.75) is 13.0 Å². The summed E-state index contributed by atoms with van der Waals surface area (Å²) in [5, 5.41) is 0. The first kappa shape index (κ1) is 12.9. The Bertz CT molecular complexity index is 628. The summed E-state index contributed by atoms with van der Waals surface area (Å²) in [6.07, 6.45) is 0.859. The van der Waals surface area contributed by atoms with Crippen LogP contribution in [0.5, 0.6) is 11.5 Å². The van der Waals surface area contributed by atoms with Crippen LogP contribution in [0.1, 0.15) is 12.0 Å². The zero-order valence-corrected chi connectivity index (χ0v) is 11.1. The molecule has 0 saturated heterocycles. The third-order valence-corrected chi connectivity index (χ3v) is 3.35. The van der Waals surface area contributed by atoms with Gasteiger partial charge in [-0.25, -0.2) is 4.39 Å². The Morgan fingerprint density at radius 1 is 1.00 bits per heavy atom. The van der Waals surface area contributed by atoms with Crippen LogP contribution in [-0.4, -0.2) is 13.2 Å². The van der Waals surface area contributed by atoms with Crippen LogP contribution in [0.3, 0.4) is 0 Å². The van der Waals surface area contributed by atoms with Gasteiger partial charge in [0.25, 0.3) is 0 Å². The normalized spacial score (nSPS) is 13.9. The van der Waals surface area contributed by atoms with Crippen LogP contribution in [0.25, 0.3) is 11.1 Å². The predicted molar refractivity (Wildman–Crippen MR) is 75.3 cm³/mol. The largest absolute Gasteiger partial charge is 0.490 e. The molecule has 2 aromatic carbocycles. The minimum Gasteiger partial charge on any atom is -0.490 e. The fourth-order valence-corrected chi connectivity index (χ4v) is 2.33. The number of hydrogen-bond acceptors (Lipinski definition) is 3. The van der Waals surface area contributed by atoms with Gasteiger partial charge in [-0.1, -0.05) is 12.1 Å². The Morgan fingerprint density at radius 2 is 1.80 bits per heavy atom. The summed E-state index contributed by atoms with van der Waals surface area (Å²) in [6.45, 7) is 1.65. The topological polar surface area (TPSA) is 44.5 Å². The van der Waals surface area contributed by atoms with E-state index >= 15 is 0 Å². The molecule has 3 nitrogen and oxygen atoms in total. The minimum atomic E-state index is -0.274. The summed E-state index contributed by atoms with van der Waals surface area (Å²) in [5.41, 5.74) is 8.30. The lowest BCUT2D eigenvalue weighted by atomic mass is 9.99. The van der Waals surface area contributed by atoms with Crippen LogP contribution in [0.4, 0.5) is 4.39 Å². The monoisotopic (exact) mass is 273 g/mol. The SMILES string of the molecule is NCc1ccc(F)cc1-c1ccc2c(c1)OCCCO2. The molecule has 0 saturated carbocycles. The second-order valence-corrected chi connectivity index (χ2v) is 4.72. The van der Waals surface area contributed by atoms with Gasteiger partial charge < -0.3 is 15.2 Å². The van der Waals surface area contributed by atoms with Gasteiger partial charge in [0, 0.05) is 13.0 Å². The molecule has 3 rings (SSSR count). The molecule has 4 heteroatoms. The highest BCUT2D eigenvalue weighted by Crippen LogP contribution is 2.35. The first-order valence-corrected chi connectivity index (χ1v) is 6.66. The lowest BCUT2D eigenvalue weighted by molar-refractivity contribution is 0.297. The Morgan fingerprint density at radius 3 is 2.60 bits per heavy atom. The Kier molecular flexibility index (Phi) is 3.56. The van der Waals surface area contributed by atoms with E-state index in [4.69, 9.17) is 15.2 Å². The van der Waals surface area contributed by atoms with Gasteiger partial charge in [-0.2, -0.15) is 0 Å². The highest BCUT2D eigenvalue weighted by Gasteiger charge is 2.13. The van der Waals surface area contributed by atoms with E-state index in [-0.39, 0.29) is 5.82 Å². The molecule has 1 aliphatic heterocycles. The molecule has 0 fully saturated rings. The van der Waals surface area contributed by atoms with Crippen molar-refractivity contribution in [3.8, 4) is 22.6 Å². The van der Waals surface area contributed by atoms with Crippen molar-refractivity contribution in [1.29, 1.82) is 0 Å². The van der Waals surface area contributed by atoms with Crippen LogP contribution in [0.2, 0.25) is 0 Å². The maximum Gasteiger partial charge on any atom is 0.161 e. The highest BCUT2D eigenvalue weighted by molar-refractivity contribution is 5.70.